The number of aromatic nitrogens is 1. The number of pyridine rings is 1. The Morgan fingerprint density at radius 3 is 2.75 bits per heavy atom. The Bertz CT molecular complexity index is 503. The average molecular weight is 301 g/mol. The molecule has 0 aromatic carbocycles. The van der Waals surface area contributed by atoms with E-state index in [9.17, 15) is 8.42 Å². The van der Waals surface area contributed by atoms with Gasteiger partial charge < -0.3 is 10.1 Å². The molecule has 0 saturated heterocycles. The zero-order valence-corrected chi connectivity index (χ0v) is 13.0. The monoisotopic (exact) mass is 301 g/mol. The van der Waals surface area contributed by atoms with Crippen LogP contribution in [-0.4, -0.2) is 39.7 Å². The fourth-order valence-electron chi connectivity index (χ4n) is 1.62. The summed E-state index contributed by atoms with van der Waals surface area (Å²) in [7, 11) is -1.91. The van der Waals surface area contributed by atoms with Gasteiger partial charge in [0.2, 0.25) is 0 Å². The molecule has 7 heteroatoms. The largest absolute Gasteiger partial charge is 0.386 e. The summed E-state index contributed by atoms with van der Waals surface area (Å²) in [5.74, 6) is 0. The van der Waals surface area contributed by atoms with E-state index in [0.29, 0.717) is 18.8 Å². The Kier molecular flexibility index (Phi) is 6.90. The molecule has 0 radical (unpaired) electrons. The molecule has 6 nitrogen and oxygen atoms in total. The Morgan fingerprint density at radius 2 is 2.10 bits per heavy atom. The molecule has 0 fully saturated rings. The third kappa shape index (κ3) is 5.44. The van der Waals surface area contributed by atoms with Crippen LogP contribution in [0.15, 0.2) is 23.4 Å². The lowest BCUT2D eigenvalue weighted by molar-refractivity contribution is 0.0762. The highest BCUT2D eigenvalue weighted by atomic mass is 32.2. The van der Waals surface area contributed by atoms with E-state index in [-0.39, 0.29) is 11.1 Å². The van der Waals surface area contributed by atoms with Crippen molar-refractivity contribution in [3.05, 3.63) is 18.3 Å². The first-order chi connectivity index (χ1) is 9.47. The van der Waals surface area contributed by atoms with Crippen LogP contribution in [-0.2, 0) is 14.8 Å². The molecular weight excluding hydrogens is 278 g/mol. The summed E-state index contributed by atoms with van der Waals surface area (Å²) in [6.45, 7) is 4.97. The van der Waals surface area contributed by atoms with Crippen LogP contribution in [0.4, 0.5) is 5.69 Å². The zero-order valence-electron chi connectivity index (χ0n) is 12.2. The number of unbranched alkanes of at least 4 members (excludes halogenated alkanes) is 1. The van der Waals surface area contributed by atoms with Crippen LogP contribution in [0.25, 0.3) is 0 Å². The fraction of sp³-hybridized carbons (Fsp3) is 0.615. The molecule has 1 heterocycles. The summed E-state index contributed by atoms with van der Waals surface area (Å²) in [4.78, 5) is 3.92. The maximum Gasteiger partial charge on any atom is 0.260 e. The van der Waals surface area contributed by atoms with Gasteiger partial charge in [-0.15, -0.1) is 0 Å². The first-order valence-corrected chi connectivity index (χ1v) is 8.19. The molecule has 0 aliphatic carbocycles. The van der Waals surface area contributed by atoms with Gasteiger partial charge in [-0.3, -0.25) is 0 Å². The summed E-state index contributed by atoms with van der Waals surface area (Å²) < 4.78 is 32.2. The second-order valence-electron chi connectivity index (χ2n) is 4.63. The molecule has 1 aromatic rings. The first-order valence-electron chi connectivity index (χ1n) is 6.71. The van der Waals surface area contributed by atoms with E-state index in [0.717, 1.165) is 12.8 Å². The molecule has 0 bridgehead atoms. The van der Waals surface area contributed by atoms with Crippen molar-refractivity contribution < 1.29 is 13.2 Å². The Balaban J connectivity index is 2.46. The van der Waals surface area contributed by atoms with Crippen molar-refractivity contribution in [2.75, 3.05) is 25.5 Å². The molecule has 0 spiro atoms. The molecule has 0 saturated carbocycles. The van der Waals surface area contributed by atoms with E-state index >= 15 is 0 Å². The Labute approximate surface area is 121 Å². The van der Waals surface area contributed by atoms with Gasteiger partial charge in [0.25, 0.3) is 10.0 Å². The number of rotatable bonds is 9. The third-order valence-corrected chi connectivity index (χ3v) is 4.03. The summed E-state index contributed by atoms with van der Waals surface area (Å²) in [5, 5.41) is 2.85. The van der Waals surface area contributed by atoms with Gasteiger partial charge in [0.05, 0.1) is 11.8 Å². The second-order valence-corrected chi connectivity index (χ2v) is 6.31. The molecule has 20 heavy (non-hydrogen) atoms. The lowest BCUT2D eigenvalue weighted by Gasteiger charge is -2.10. The van der Waals surface area contributed by atoms with Crippen LogP contribution in [0.1, 0.15) is 26.7 Å². The number of ether oxygens (including phenoxy) is 1. The normalized spacial score (nSPS) is 11.8. The minimum Gasteiger partial charge on any atom is -0.386 e. The van der Waals surface area contributed by atoms with Gasteiger partial charge in [0.1, 0.15) is 0 Å². The van der Waals surface area contributed by atoms with Crippen molar-refractivity contribution in [1.29, 1.82) is 0 Å². The van der Waals surface area contributed by atoms with Crippen molar-refractivity contribution in [3.8, 4) is 0 Å². The van der Waals surface area contributed by atoms with E-state index in [1.165, 1.54) is 6.20 Å². The van der Waals surface area contributed by atoms with Crippen molar-refractivity contribution in [2.24, 2.45) is 0 Å². The van der Waals surface area contributed by atoms with Crippen molar-refractivity contribution in [2.45, 2.75) is 37.8 Å². The Morgan fingerprint density at radius 1 is 1.35 bits per heavy atom. The number of sulfonamides is 1. The SMILES string of the molecule is CNc1cccnc1S(=O)(=O)NCCCCOC(C)C. The van der Waals surface area contributed by atoms with Crippen LogP contribution in [0.5, 0.6) is 0 Å². The lowest BCUT2D eigenvalue weighted by atomic mass is 10.3. The molecule has 0 unspecified atom stereocenters. The summed E-state index contributed by atoms with van der Waals surface area (Å²) in [5.41, 5.74) is 0.489. The Hall–Kier alpha value is -1.18. The van der Waals surface area contributed by atoms with E-state index in [1.54, 1.807) is 19.2 Å². The fourth-order valence-corrected chi connectivity index (χ4v) is 2.83. The van der Waals surface area contributed by atoms with Crippen molar-refractivity contribution >= 4 is 15.7 Å². The second kappa shape index (κ2) is 8.18. The molecule has 1 aromatic heterocycles. The molecule has 1 rings (SSSR count). The number of hydrogen-bond donors (Lipinski definition) is 2. The number of hydrogen-bond acceptors (Lipinski definition) is 5. The number of anilines is 1. The standard InChI is InChI=1S/C13H23N3O3S/c1-11(2)19-10-5-4-9-16-20(17,18)13-12(14-3)7-6-8-15-13/h6-8,11,14,16H,4-5,9-10H2,1-3H3. The molecular formula is C13H23N3O3S. The van der Waals surface area contributed by atoms with Crippen LogP contribution < -0.4 is 10.0 Å². The van der Waals surface area contributed by atoms with E-state index < -0.39 is 10.0 Å². The van der Waals surface area contributed by atoms with E-state index in [1.807, 2.05) is 13.8 Å². The highest BCUT2D eigenvalue weighted by Gasteiger charge is 2.18. The highest BCUT2D eigenvalue weighted by molar-refractivity contribution is 7.89. The number of nitrogens with one attached hydrogen (secondary N) is 2. The van der Waals surface area contributed by atoms with Gasteiger partial charge in [-0.05, 0) is 38.8 Å². The summed E-state index contributed by atoms with van der Waals surface area (Å²) >= 11 is 0. The van der Waals surface area contributed by atoms with Gasteiger partial charge in [-0.2, -0.15) is 0 Å². The minimum atomic E-state index is -3.57. The number of nitrogens with zero attached hydrogens (tertiary/aromatic N) is 1. The van der Waals surface area contributed by atoms with Crippen molar-refractivity contribution in [1.82, 2.24) is 9.71 Å². The topological polar surface area (TPSA) is 80.3 Å². The van der Waals surface area contributed by atoms with Crippen LogP contribution >= 0.6 is 0 Å². The molecule has 114 valence electrons. The lowest BCUT2D eigenvalue weighted by Crippen LogP contribution is -2.26. The predicted molar refractivity (Wildman–Crippen MR) is 79.3 cm³/mol. The van der Waals surface area contributed by atoms with E-state index in [2.05, 4.69) is 15.0 Å². The van der Waals surface area contributed by atoms with Gasteiger partial charge in [0.15, 0.2) is 5.03 Å². The molecule has 0 aliphatic rings. The van der Waals surface area contributed by atoms with Gasteiger partial charge >= 0.3 is 0 Å². The summed E-state index contributed by atoms with van der Waals surface area (Å²) in [6.07, 6.45) is 3.22. The first kappa shape index (κ1) is 16.9. The summed E-state index contributed by atoms with van der Waals surface area (Å²) in [6, 6.07) is 3.37. The highest BCUT2D eigenvalue weighted by Crippen LogP contribution is 2.16. The molecule has 0 aliphatic heterocycles. The molecule has 0 atom stereocenters. The van der Waals surface area contributed by atoms with E-state index in [4.69, 9.17) is 4.74 Å². The smallest absolute Gasteiger partial charge is 0.260 e. The zero-order chi connectivity index (χ0) is 15.0. The average Bonchev–Trinajstić information content (AvgIpc) is 2.42. The molecule has 0 amide bonds. The third-order valence-electron chi connectivity index (χ3n) is 2.61. The maximum absolute atomic E-state index is 12.1. The maximum atomic E-state index is 12.1. The van der Waals surface area contributed by atoms with Crippen LogP contribution in [0.3, 0.4) is 0 Å². The van der Waals surface area contributed by atoms with Gasteiger partial charge in [0, 0.05) is 26.4 Å². The quantitative estimate of drug-likeness (QED) is 0.677. The van der Waals surface area contributed by atoms with Crippen molar-refractivity contribution in [3.63, 3.8) is 0 Å². The predicted octanol–water partition coefficient (Wildman–Crippen LogP) is 1.61. The van der Waals surface area contributed by atoms with Gasteiger partial charge in [-0.25, -0.2) is 18.1 Å². The van der Waals surface area contributed by atoms with Crippen LogP contribution in [0, 0.1) is 0 Å². The van der Waals surface area contributed by atoms with Gasteiger partial charge in [-0.1, -0.05) is 0 Å². The minimum absolute atomic E-state index is 0.0286. The van der Waals surface area contributed by atoms with Crippen LogP contribution in [0.2, 0.25) is 0 Å². The molecule has 2 N–H and O–H groups in total.